The molecular weight excluding hydrogens is 386 g/mol. The van der Waals surface area contributed by atoms with Gasteiger partial charge in [0.25, 0.3) is 5.91 Å². The van der Waals surface area contributed by atoms with Crippen molar-refractivity contribution in [2.75, 3.05) is 6.54 Å². The maximum absolute atomic E-state index is 12.5. The summed E-state index contributed by atoms with van der Waals surface area (Å²) in [5.74, 6) is 0.961. The lowest BCUT2D eigenvalue weighted by Crippen LogP contribution is -2.24. The molecule has 0 atom stereocenters. The number of hydrogen-bond donors (Lipinski definition) is 1. The average Bonchev–Trinajstić information content (AvgIpc) is 3.32. The van der Waals surface area contributed by atoms with Crippen LogP contribution in [0.5, 0.6) is 0 Å². The van der Waals surface area contributed by atoms with Crippen molar-refractivity contribution < 1.29 is 9.32 Å². The molecule has 3 heterocycles. The fourth-order valence-corrected chi connectivity index (χ4v) is 4.04. The second kappa shape index (κ2) is 7.13. The normalized spacial score (nSPS) is 11.2. The summed E-state index contributed by atoms with van der Waals surface area (Å²) in [4.78, 5) is 18.2. The molecule has 138 valence electrons. The third kappa shape index (κ3) is 3.58. The number of nitrogens with one attached hydrogen (secondary N) is 1. The van der Waals surface area contributed by atoms with Crippen LogP contribution in [0.25, 0.3) is 15.9 Å². The zero-order chi connectivity index (χ0) is 19.0. The molecule has 0 saturated heterocycles. The topological polar surface area (TPSA) is 85.8 Å². The number of amides is 1. The summed E-state index contributed by atoms with van der Waals surface area (Å²) in [6.07, 6.45) is 0.493. The van der Waals surface area contributed by atoms with Crippen molar-refractivity contribution in [1.29, 1.82) is 0 Å². The number of aryl methyl sites for hydroxylation is 2. The first-order valence-corrected chi connectivity index (χ1v) is 9.53. The van der Waals surface area contributed by atoms with Gasteiger partial charge in [-0.25, -0.2) is 4.68 Å². The van der Waals surface area contributed by atoms with Crippen LogP contribution in [0.2, 0.25) is 5.02 Å². The quantitative estimate of drug-likeness (QED) is 0.551. The Morgan fingerprint density at radius 3 is 2.93 bits per heavy atom. The lowest BCUT2D eigenvalue weighted by Gasteiger charge is -2.03. The van der Waals surface area contributed by atoms with E-state index >= 15 is 0 Å². The molecule has 0 radical (unpaired) electrons. The molecule has 0 spiro atoms. The van der Waals surface area contributed by atoms with Crippen LogP contribution in [0.3, 0.4) is 0 Å². The highest BCUT2D eigenvalue weighted by molar-refractivity contribution is 7.20. The van der Waals surface area contributed by atoms with Gasteiger partial charge in [-0.05, 0) is 38.1 Å². The van der Waals surface area contributed by atoms with Crippen molar-refractivity contribution in [2.24, 2.45) is 0 Å². The molecule has 1 amide bonds. The van der Waals surface area contributed by atoms with E-state index in [-0.39, 0.29) is 5.91 Å². The number of fused-ring (bicyclic) bond motifs is 1. The molecule has 9 heteroatoms. The predicted octanol–water partition coefficient (Wildman–Crippen LogP) is 3.71. The molecule has 0 aliphatic rings. The van der Waals surface area contributed by atoms with Gasteiger partial charge in [0.05, 0.1) is 16.3 Å². The summed E-state index contributed by atoms with van der Waals surface area (Å²) >= 11 is 7.50. The van der Waals surface area contributed by atoms with Crippen LogP contribution in [0.15, 0.2) is 34.9 Å². The lowest BCUT2D eigenvalue weighted by molar-refractivity contribution is 0.0957. The van der Waals surface area contributed by atoms with Gasteiger partial charge in [0, 0.05) is 23.4 Å². The van der Waals surface area contributed by atoms with E-state index in [4.69, 9.17) is 16.1 Å². The van der Waals surface area contributed by atoms with Gasteiger partial charge in [-0.2, -0.15) is 10.1 Å². The third-order valence-electron chi connectivity index (χ3n) is 4.02. The number of carbonyl (C=O) groups excluding carboxylic acids is 1. The minimum Gasteiger partial charge on any atom is -0.351 e. The van der Waals surface area contributed by atoms with Gasteiger partial charge < -0.3 is 9.84 Å². The molecule has 0 fully saturated rings. The van der Waals surface area contributed by atoms with E-state index in [1.54, 1.807) is 6.92 Å². The molecule has 0 aliphatic carbocycles. The van der Waals surface area contributed by atoms with Gasteiger partial charge in [-0.1, -0.05) is 22.8 Å². The van der Waals surface area contributed by atoms with E-state index in [9.17, 15) is 4.79 Å². The third-order valence-corrected chi connectivity index (χ3v) is 5.36. The van der Waals surface area contributed by atoms with Gasteiger partial charge in [-0.3, -0.25) is 4.79 Å². The highest BCUT2D eigenvalue weighted by Crippen LogP contribution is 2.30. The zero-order valence-corrected chi connectivity index (χ0v) is 16.3. The first-order chi connectivity index (χ1) is 13.0. The van der Waals surface area contributed by atoms with E-state index in [2.05, 4.69) is 20.6 Å². The molecule has 1 aromatic carbocycles. The van der Waals surface area contributed by atoms with Crippen molar-refractivity contribution in [3.63, 3.8) is 0 Å². The Bertz CT molecular complexity index is 1130. The fourth-order valence-electron chi connectivity index (χ4n) is 2.75. The Morgan fingerprint density at radius 1 is 1.33 bits per heavy atom. The number of benzene rings is 1. The fraction of sp³-hybridized carbons (Fsp3) is 0.222. The van der Waals surface area contributed by atoms with Crippen molar-refractivity contribution in [2.45, 2.75) is 20.3 Å². The summed E-state index contributed by atoms with van der Waals surface area (Å²) < 4.78 is 6.86. The van der Waals surface area contributed by atoms with E-state index in [0.29, 0.717) is 34.6 Å². The number of rotatable bonds is 5. The number of carbonyl (C=O) groups is 1. The molecule has 1 N–H and O–H groups in total. The lowest BCUT2D eigenvalue weighted by atomic mass is 10.3. The van der Waals surface area contributed by atoms with E-state index in [1.807, 2.05) is 41.9 Å². The molecule has 27 heavy (non-hydrogen) atoms. The molecular formula is C18H16ClN5O2S. The summed E-state index contributed by atoms with van der Waals surface area (Å²) in [5.41, 5.74) is 1.72. The number of aromatic nitrogens is 4. The van der Waals surface area contributed by atoms with E-state index < -0.39 is 0 Å². The van der Waals surface area contributed by atoms with Crippen molar-refractivity contribution >= 4 is 39.1 Å². The van der Waals surface area contributed by atoms with Crippen molar-refractivity contribution in [1.82, 2.24) is 25.2 Å². The van der Waals surface area contributed by atoms with Crippen LogP contribution in [-0.2, 0) is 6.42 Å². The highest BCUT2D eigenvalue weighted by atomic mass is 35.5. The van der Waals surface area contributed by atoms with Crippen LogP contribution >= 0.6 is 22.9 Å². The van der Waals surface area contributed by atoms with Gasteiger partial charge in [0.1, 0.15) is 4.83 Å². The van der Waals surface area contributed by atoms with Crippen molar-refractivity contribution in [3.05, 3.63) is 57.6 Å². The second-order valence-electron chi connectivity index (χ2n) is 6.05. The molecule has 0 unspecified atom stereocenters. The molecule has 7 nitrogen and oxygen atoms in total. The second-order valence-corrected chi connectivity index (χ2v) is 7.51. The number of nitrogens with zero attached hydrogens (tertiary/aromatic N) is 4. The van der Waals surface area contributed by atoms with E-state index in [0.717, 1.165) is 21.6 Å². The summed E-state index contributed by atoms with van der Waals surface area (Å²) in [5, 5.41) is 12.8. The molecule has 4 aromatic rings. The molecule has 0 saturated carbocycles. The highest BCUT2D eigenvalue weighted by Gasteiger charge is 2.17. The zero-order valence-electron chi connectivity index (χ0n) is 14.7. The maximum Gasteiger partial charge on any atom is 0.261 e. The smallest absolute Gasteiger partial charge is 0.261 e. The predicted molar refractivity (Wildman–Crippen MR) is 104 cm³/mol. The molecule has 0 bridgehead atoms. The average molecular weight is 402 g/mol. The van der Waals surface area contributed by atoms with Crippen LogP contribution in [0, 0.1) is 13.8 Å². The van der Waals surface area contributed by atoms with Crippen LogP contribution in [0.4, 0.5) is 0 Å². The molecule has 4 rings (SSSR count). The first-order valence-electron chi connectivity index (χ1n) is 8.34. The summed E-state index contributed by atoms with van der Waals surface area (Å²) in [6, 6.07) is 9.34. The Labute approximate surface area is 163 Å². The molecule has 0 aliphatic heterocycles. The summed E-state index contributed by atoms with van der Waals surface area (Å²) in [6.45, 7) is 4.11. The summed E-state index contributed by atoms with van der Waals surface area (Å²) in [7, 11) is 0. The Hall–Kier alpha value is -2.71. The standard InChI is InChI=1S/C18H16ClN5O2S/c1-10-14-9-15(17(25)20-7-6-16-21-11(2)23-26-16)27-18(14)24(22-10)13-5-3-4-12(19)8-13/h3-5,8-9H,6-7H2,1-2H3,(H,20,25). The van der Waals surface area contributed by atoms with E-state index in [1.165, 1.54) is 11.3 Å². The Kier molecular flexibility index (Phi) is 4.67. The number of thiophene rings is 1. The SMILES string of the molecule is Cc1noc(CCNC(=O)c2cc3c(C)nn(-c4cccc(Cl)c4)c3s2)n1. The Morgan fingerprint density at radius 2 is 2.19 bits per heavy atom. The number of hydrogen-bond acceptors (Lipinski definition) is 6. The van der Waals surface area contributed by atoms with Crippen LogP contribution < -0.4 is 5.32 Å². The van der Waals surface area contributed by atoms with Gasteiger partial charge in [-0.15, -0.1) is 11.3 Å². The molecule has 3 aromatic heterocycles. The van der Waals surface area contributed by atoms with Gasteiger partial charge >= 0.3 is 0 Å². The van der Waals surface area contributed by atoms with Crippen molar-refractivity contribution in [3.8, 4) is 5.69 Å². The number of halogens is 1. The van der Waals surface area contributed by atoms with Gasteiger partial charge in [0.15, 0.2) is 5.82 Å². The maximum atomic E-state index is 12.5. The largest absolute Gasteiger partial charge is 0.351 e. The first kappa shape index (κ1) is 17.7. The van der Waals surface area contributed by atoms with Gasteiger partial charge in [0.2, 0.25) is 5.89 Å². The Balaban J connectivity index is 1.54. The minimum atomic E-state index is -0.135. The monoisotopic (exact) mass is 401 g/mol. The minimum absolute atomic E-state index is 0.135. The van der Waals surface area contributed by atoms with Crippen LogP contribution in [-0.4, -0.2) is 32.4 Å². The van der Waals surface area contributed by atoms with Crippen LogP contribution in [0.1, 0.15) is 27.1 Å².